The van der Waals surface area contributed by atoms with Crippen LogP contribution in [0.2, 0.25) is 0 Å². The van der Waals surface area contributed by atoms with Crippen molar-refractivity contribution in [1.82, 2.24) is 5.32 Å². The first-order valence-electron chi connectivity index (χ1n) is 8.76. The average Bonchev–Trinajstić information content (AvgIpc) is 3.05. The van der Waals surface area contributed by atoms with Gasteiger partial charge in [0.2, 0.25) is 5.91 Å². The molecule has 1 aromatic carbocycles. The molecule has 1 aromatic rings. The van der Waals surface area contributed by atoms with E-state index in [4.69, 9.17) is 14.2 Å². The van der Waals surface area contributed by atoms with Crippen LogP contribution in [0.4, 0.5) is 0 Å². The number of carbonyl (C=O) groups excluding carboxylic acids is 1. The molecule has 5 nitrogen and oxygen atoms in total. The molecule has 1 heterocycles. The van der Waals surface area contributed by atoms with Gasteiger partial charge in [0.15, 0.2) is 0 Å². The quantitative estimate of drug-likeness (QED) is 0.792. The van der Waals surface area contributed by atoms with E-state index in [0.717, 1.165) is 30.8 Å². The Morgan fingerprint density at radius 2 is 2.04 bits per heavy atom. The third kappa shape index (κ3) is 5.49. The Kier molecular flexibility index (Phi) is 7.06. The van der Waals surface area contributed by atoms with Crippen molar-refractivity contribution in [2.45, 2.75) is 64.9 Å². The monoisotopic (exact) mass is 335 g/mol. The van der Waals surface area contributed by atoms with Gasteiger partial charge in [0.25, 0.3) is 0 Å². The lowest BCUT2D eigenvalue weighted by atomic mass is 10.1. The fourth-order valence-corrected chi connectivity index (χ4v) is 2.71. The molecule has 1 N–H and O–H groups in total. The van der Waals surface area contributed by atoms with Crippen LogP contribution in [0.15, 0.2) is 24.3 Å². The second-order valence-corrected chi connectivity index (χ2v) is 6.55. The molecule has 0 spiro atoms. The molecule has 1 amide bonds. The number of rotatable bonds is 8. The van der Waals surface area contributed by atoms with E-state index in [1.807, 2.05) is 45.0 Å². The fraction of sp³-hybridized carbons (Fsp3) is 0.632. The molecule has 0 radical (unpaired) electrons. The van der Waals surface area contributed by atoms with Gasteiger partial charge in [-0.25, -0.2) is 0 Å². The zero-order valence-corrected chi connectivity index (χ0v) is 15.1. The van der Waals surface area contributed by atoms with Crippen molar-refractivity contribution in [2.75, 3.05) is 13.2 Å². The summed E-state index contributed by atoms with van der Waals surface area (Å²) in [6.07, 6.45) is 1.78. The molecular weight excluding hydrogens is 306 g/mol. The first-order valence-corrected chi connectivity index (χ1v) is 8.76. The highest BCUT2D eigenvalue weighted by molar-refractivity contribution is 5.80. The Labute approximate surface area is 144 Å². The van der Waals surface area contributed by atoms with Gasteiger partial charge in [-0.15, -0.1) is 0 Å². The SMILES string of the molecule is CC(C)Oc1ccccc1[C@H](C)NC(=O)[C@H](C)OC[C@@H]1CCCO1. The first kappa shape index (κ1) is 18.7. The highest BCUT2D eigenvalue weighted by Gasteiger charge is 2.22. The van der Waals surface area contributed by atoms with Gasteiger partial charge < -0.3 is 19.5 Å². The van der Waals surface area contributed by atoms with E-state index in [2.05, 4.69) is 5.32 Å². The van der Waals surface area contributed by atoms with Gasteiger partial charge >= 0.3 is 0 Å². The summed E-state index contributed by atoms with van der Waals surface area (Å²) in [6.45, 7) is 8.96. The van der Waals surface area contributed by atoms with Crippen LogP contribution in [0, 0.1) is 0 Å². The maximum Gasteiger partial charge on any atom is 0.249 e. The summed E-state index contributed by atoms with van der Waals surface area (Å²) in [4.78, 5) is 12.3. The molecule has 0 aromatic heterocycles. The normalized spacial score (nSPS) is 20.0. The molecule has 3 atom stereocenters. The van der Waals surface area contributed by atoms with Gasteiger partial charge in [-0.3, -0.25) is 4.79 Å². The molecule has 1 aliphatic heterocycles. The van der Waals surface area contributed by atoms with Crippen LogP contribution in [0.5, 0.6) is 5.75 Å². The predicted molar refractivity (Wildman–Crippen MR) is 93.2 cm³/mol. The second-order valence-electron chi connectivity index (χ2n) is 6.55. The summed E-state index contributed by atoms with van der Waals surface area (Å²) < 4.78 is 17.0. The van der Waals surface area contributed by atoms with Gasteiger partial charge in [0, 0.05) is 12.2 Å². The standard InChI is InChI=1S/C19H29NO4/c1-13(2)24-18-10-6-5-9-17(18)14(3)20-19(21)15(4)23-12-16-8-7-11-22-16/h5-6,9-10,13-16H,7-8,11-12H2,1-4H3,(H,20,21)/t14-,15-,16-/m0/s1. The molecule has 1 fully saturated rings. The molecule has 1 saturated heterocycles. The van der Waals surface area contributed by atoms with Crippen molar-refractivity contribution >= 4 is 5.91 Å². The van der Waals surface area contributed by atoms with Crippen molar-refractivity contribution in [2.24, 2.45) is 0 Å². The first-order chi connectivity index (χ1) is 11.5. The number of carbonyl (C=O) groups is 1. The summed E-state index contributed by atoms with van der Waals surface area (Å²) in [5.41, 5.74) is 0.964. The summed E-state index contributed by atoms with van der Waals surface area (Å²) in [6, 6.07) is 7.63. The zero-order valence-electron chi connectivity index (χ0n) is 15.1. The molecule has 0 aliphatic carbocycles. The Balaban J connectivity index is 1.88. The Bertz CT molecular complexity index is 526. The number of para-hydroxylation sites is 1. The number of ether oxygens (including phenoxy) is 3. The number of hydrogen-bond donors (Lipinski definition) is 1. The molecule has 5 heteroatoms. The minimum absolute atomic E-state index is 0.0859. The Hall–Kier alpha value is -1.59. The Morgan fingerprint density at radius 1 is 1.29 bits per heavy atom. The third-order valence-electron chi connectivity index (χ3n) is 4.03. The minimum atomic E-state index is -0.505. The summed E-state index contributed by atoms with van der Waals surface area (Å²) in [7, 11) is 0. The maximum absolute atomic E-state index is 12.3. The van der Waals surface area contributed by atoms with E-state index < -0.39 is 6.10 Å². The molecule has 0 unspecified atom stereocenters. The number of benzene rings is 1. The van der Waals surface area contributed by atoms with Crippen molar-refractivity contribution in [3.63, 3.8) is 0 Å². The largest absolute Gasteiger partial charge is 0.491 e. The van der Waals surface area contributed by atoms with Crippen LogP contribution >= 0.6 is 0 Å². The lowest BCUT2D eigenvalue weighted by molar-refractivity contribution is -0.134. The average molecular weight is 335 g/mol. The van der Waals surface area contributed by atoms with Gasteiger partial charge in [-0.2, -0.15) is 0 Å². The molecule has 134 valence electrons. The molecule has 24 heavy (non-hydrogen) atoms. The van der Waals surface area contributed by atoms with E-state index in [1.165, 1.54) is 0 Å². The van der Waals surface area contributed by atoms with E-state index >= 15 is 0 Å². The van der Waals surface area contributed by atoms with Crippen LogP contribution in [0.3, 0.4) is 0 Å². The smallest absolute Gasteiger partial charge is 0.249 e. The summed E-state index contributed by atoms with van der Waals surface area (Å²) in [5.74, 6) is 0.674. The number of nitrogens with one attached hydrogen (secondary N) is 1. The fourth-order valence-electron chi connectivity index (χ4n) is 2.71. The molecule has 0 saturated carbocycles. The lowest BCUT2D eigenvalue weighted by Gasteiger charge is -2.22. The van der Waals surface area contributed by atoms with Crippen molar-refractivity contribution in [3.8, 4) is 5.75 Å². The van der Waals surface area contributed by atoms with Crippen LogP contribution < -0.4 is 10.1 Å². The molecule has 1 aliphatic rings. The molecular formula is C19H29NO4. The topological polar surface area (TPSA) is 56.8 Å². The van der Waals surface area contributed by atoms with Crippen molar-refractivity contribution < 1.29 is 19.0 Å². The lowest BCUT2D eigenvalue weighted by Crippen LogP contribution is -2.37. The predicted octanol–water partition coefficient (Wildman–Crippen LogP) is 3.24. The van der Waals surface area contributed by atoms with Crippen molar-refractivity contribution in [3.05, 3.63) is 29.8 Å². The van der Waals surface area contributed by atoms with Gasteiger partial charge in [0.1, 0.15) is 11.9 Å². The van der Waals surface area contributed by atoms with Crippen LogP contribution in [0.25, 0.3) is 0 Å². The van der Waals surface area contributed by atoms with Gasteiger partial charge in [-0.1, -0.05) is 18.2 Å². The van der Waals surface area contributed by atoms with Gasteiger partial charge in [-0.05, 0) is 46.6 Å². The molecule has 2 rings (SSSR count). The number of hydrogen-bond acceptors (Lipinski definition) is 4. The van der Waals surface area contributed by atoms with E-state index in [9.17, 15) is 4.79 Å². The Morgan fingerprint density at radius 3 is 2.71 bits per heavy atom. The third-order valence-corrected chi connectivity index (χ3v) is 4.03. The molecule has 0 bridgehead atoms. The zero-order chi connectivity index (χ0) is 17.5. The van der Waals surface area contributed by atoms with E-state index in [0.29, 0.717) is 6.61 Å². The second kappa shape index (κ2) is 9.04. The van der Waals surface area contributed by atoms with Crippen LogP contribution in [0.1, 0.15) is 52.1 Å². The minimum Gasteiger partial charge on any atom is -0.491 e. The number of amides is 1. The summed E-state index contributed by atoms with van der Waals surface area (Å²) >= 11 is 0. The van der Waals surface area contributed by atoms with Gasteiger partial charge in [0.05, 0.1) is 24.9 Å². The van der Waals surface area contributed by atoms with E-state index in [-0.39, 0.29) is 24.2 Å². The highest BCUT2D eigenvalue weighted by atomic mass is 16.5. The van der Waals surface area contributed by atoms with E-state index in [1.54, 1.807) is 6.92 Å². The van der Waals surface area contributed by atoms with Crippen LogP contribution in [-0.4, -0.2) is 37.4 Å². The van der Waals surface area contributed by atoms with Crippen molar-refractivity contribution in [1.29, 1.82) is 0 Å². The highest BCUT2D eigenvalue weighted by Crippen LogP contribution is 2.26. The maximum atomic E-state index is 12.3. The van der Waals surface area contributed by atoms with Crippen LogP contribution in [-0.2, 0) is 14.3 Å². The summed E-state index contributed by atoms with van der Waals surface area (Å²) in [5, 5.41) is 3.00.